The Hall–Kier alpha value is -2.22. The minimum Gasteiger partial charge on any atom is -0.298 e. The van der Waals surface area contributed by atoms with E-state index >= 15 is 0 Å². The Morgan fingerprint density at radius 2 is 1.50 bits per heavy atom. The highest BCUT2D eigenvalue weighted by molar-refractivity contribution is 5.77. The topological polar surface area (TPSA) is 34.1 Å². The number of hydrogen-bond donors (Lipinski definition) is 0. The molecule has 2 heteroatoms. The largest absolute Gasteiger partial charge is 0.298 e. The first kappa shape index (κ1) is 13.8. The van der Waals surface area contributed by atoms with Crippen molar-refractivity contribution >= 4 is 12.6 Å². The molecule has 0 atom stereocenters. The van der Waals surface area contributed by atoms with Crippen LogP contribution in [0, 0.1) is 13.8 Å². The predicted octanol–water partition coefficient (Wildman–Crippen LogP) is 3.62. The standard InChI is InChI=1S/C9H10O.C7H6O/c1-7-3-4-8(2)9(5-7)6-10;8-6-7-4-2-1-3-5-7/h3-6H,1-2H3;1-6H. The lowest BCUT2D eigenvalue weighted by Crippen LogP contribution is -1.85. The van der Waals surface area contributed by atoms with Gasteiger partial charge in [-0.15, -0.1) is 0 Å². The van der Waals surface area contributed by atoms with Gasteiger partial charge in [-0.2, -0.15) is 0 Å². The SMILES string of the molecule is Cc1ccc(C)c(C=O)c1.O=Cc1ccccc1. The number of rotatable bonds is 2. The fourth-order valence-electron chi connectivity index (χ4n) is 1.42. The Labute approximate surface area is 107 Å². The minimum atomic E-state index is 0.729. The molecule has 0 heterocycles. The molecule has 2 nitrogen and oxygen atoms in total. The van der Waals surface area contributed by atoms with Crippen LogP contribution in [0.2, 0.25) is 0 Å². The van der Waals surface area contributed by atoms with Crippen LogP contribution in [0.3, 0.4) is 0 Å². The molecular formula is C16H16O2. The zero-order chi connectivity index (χ0) is 13.4. The molecule has 0 aromatic heterocycles. The second kappa shape index (κ2) is 7.17. The maximum absolute atomic E-state index is 10.4. The first-order valence-corrected chi connectivity index (χ1v) is 5.70. The van der Waals surface area contributed by atoms with Gasteiger partial charge in [0, 0.05) is 11.1 Å². The molecule has 0 aliphatic rings. The fourth-order valence-corrected chi connectivity index (χ4v) is 1.42. The number of benzene rings is 2. The summed E-state index contributed by atoms with van der Waals surface area (Å²) in [6.45, 7) is 3.91. The molecule has 2 aromatic carbocycles. The molecule has 2 aromatic rings. The molecule has 0 bridgehead atoms. The van der Waals surface area contributed by atoms with Crippen molar-refractivity contribution in [1.29, 1.82) is 0 Å². The van der Waals surface area contributed by atoms with Gasteiger partial charge in [0.25, 0.3) is 0 Å². The smallest absolute Gasteiger partial charge is 0.150 e. The Morgan fingerprint density at radius 1 is 0.833 bits per heavy atom. The maximum Gasteiger partial charge on any atom is 0.150 e. The highest BCUT2D eigenvalue weighted by Gasteiger charge is 1.94. The molecule has 0 saturated carbocycles. The summed E-state index contributed by atoms with van der Waals surface area (Å²) >= 11 is 0. The van der Waals surface area contributed by atoms with Gasteiger partial charge in [-0.25, -0.2) is 0 Å². The number of carbonyl (C=O) groups is 2. The van der Waals surface area contributed by atoms with E-state index in [1.807, 2.05) is 50.2 Å². The van der Waals surface area contributed by atoms with Gasteiger partial charge in [0.2, 0.25) is 0 Å². The fraction of sp³-hybridized carbons (Fsp3) is 0.125. The van der Waals surface area contributed by atoms with Crippen molar-refractivity contribution in [3.05, 3.63) is 70.8 Å². The highest BCUT2D eigenvalue weighted by atomic mass is 16.1. The Bertz CT molecular complexity index is 516. The number of aryl methyl sites for hydroxylation is 2. The lowest BCUT2D eigenvalue weighted by molar-refractivity contribution is 0.111. The van der Waals surface area contributed by atoms with E-state index < -0.39 is 0 Å². The number of carbonyl (C=O) groups excluding carboxylic acids is 2. The van der Waals surface area contributed by atoms with Gasteiger partial charge in [0.15, 0.2) is 0 Å². The molecule has 0 saturated heterocycles. The molecular weight excluding hydrogens is 224 g/mol. The average Bonchev–Trinajstić information content (AvgIpc) is 2.43. The molecule has 92 valence electrons. The summed E-state index contributed by atoms with van der Waals surface area (Å²) < 4.78 is 0. The Morgan fingerprint density at radius 3 is 1.94 bits per heavy atom. The van der Waals surface area contributed by atoms with E-state index in [1.54, 1.807) is 12.1 Å². The second-order valence-electron chi connectivity index (χ2n) is 4.01. The van der Waals surface area contributed by atoms with E-state index in [-0.39, 0.29) is 0 Å². The monoisotopic (exact) mass is 240 g/mol. The summed E-state index contributed by atoms with van der Waals surface area (Å²) in [6, 6.07) is 14.9. The van der Waals surface area contributed by atoms with E-state index in [0.717, 1.165) is 34.8 Å². The van der Waals surface area contributed by atoms with Gasteiger partial charge in [-0.05, 0) is 25.5 Å². The van der Waals surface area contributed by atoms with E-state index in [1.165, 1.54) is 0 Å². The van der Waals surface area contributed by atoms with Crippen LogP contribution < -0.4 is 0 Å². The zero-order valence-electron chi connectivity index (χ0n) is 10.6. The molecule has 0 radical (unpaired) electrons. The molecule has 0 aliphatic heterocycles. The van der Waals surface area contributed by atoms with E-state index in [9.17, 15) is 9.59 Å². The highest BCUT2D eigenvalue weighted by Crippen LogP contribution is 2.07. The van der Waals surface area contributed by atoms with Crippen LogP contribution in [-0.4, -0.2) is 12.6 Å². The molecule has 0 fully saturated rings. The summed E-state index contributed by atoms with van der Waals surface area (Å²) in [4.78, 5) is 20.4. The summed E-state index contributed by atoms with van der Waals surface area (Å²) in [5.74, 6) is 0. The van der Waals surface area contributed by atoms with Crippen LogP contribution in [0.5, 0.6) is 0 Å². The normalized spacial score (nSPS) is 9.00. The van der Waals surface area contributed by atoms with Crippen LogP contribution >= 0.6 is 0 Å². The van der Waals surface area contributed by atoms with Crippen molar-refractivity contribution in [3.8, 4) is 0 Å². The minimum absolute atomic E-state index is 0.729. The number of aldehydes is 2. The molecule has 0 spiro atoms. The molecule has 0 aliphatic carbocycles. The Balaban J connectivity index is 0.000000184. The van der Waals surface area contributed by atoms with Crippen LogP contribution in [0.25, 0.3) is 0 Å². The zero-order valence-corrected chi connectivity index (χ0v) is 10.6. The number of hydrogen-bond acceptors (Lipinski definition) is 2. The van der Waals surface area contributed by atoms with Crippen LogP contribution in [0.4, 0.5) is 0 Å². The van der Waals surface area contributed by atoms with E-state index in [4.69, 9.17) is 0 Å². The van der Waals surface area contributed by atoms with Crippen molar-refractivity contribution in [1.82, 2.24) is 0 Å². The van der Waals surface area contributed by atoms with Gasteiger partial charge in [0.05, 0.1) is 0 Å². The van der Waals surface area contributed by atoms with Crippen molar-refractivity contribution < 1.29 is 9.59 Å². The summed E-state index contributed by atoms with van der Waals surface area (Å²) in [5, 5.41) is 0. The predicted molar refractivity (Wildman–Crippen MR) is 73.1 cm³/mol. The first-order valence-electron chi connectivity index (χ1n) is 5.70. The molecule has 0 N–H and O–H groups in total. The lowest BCUT2D eigenvalue weighted by atomic mass is 10.1. The van der Waals surface area contributed by atoms with Gasteiger partial charge in [-0.3, -0.25) is 9.59 Å². The van der Waals surface area contributed by atoms with Crippen LogP contribution in [0.1, 0.15) is 31.8 Å². The van der Waals surface area contributed by atoms with Crippen molar-refractivity contribution in [3.63, 3.8) is 0 Å². The third kappa shape index (κ3) is 4.34. The van der Waals surface area contributed by atoms with Gasteiger partial charge >= 0.3 is 0 Å². The molecule has 0 unspecified atom stereocenters. The van der Waals surface area contributed by atoms with E-state index in [2.05, 4.69) is 0 Å². The summed E-state index contributed by atoms with van der Waals surface area (Å²) in [7, 11) is 0. The second-order valence-corrected chi connectivity index (χ2v) is 4.01. The molecule has 0 amide bonds. The van der Waals surface area contributed by atoms with Crippen molar-refractivity contribution in [2.45, 2.75) is 13.8 Å². The third-order valence-electron chi connectivity index (χ3n) is 2.50. The third-order valence-corrected chi connectivity index (χ3v) is 2.50. The Kier molecular flexibility index (Phi) is 5.52. The van der Waals surface area contributed by atoms with Gasteiger partial charge in [0.1, 0.15) is 12.6 Å². The summed E-state index contributed by atoms with van der Waals surface area (Å²) in [6.07, 6.45) is 1.72. The quantitative estimate of drug-likeness (QED) is 0.751. The van der Waals surface area contributed by atoms with Crippen molar-refractivity contribution in [2.75, 3.05) is 0 Å². The lowest BCUT2D eigenvalue weighted by Gasteiger charge is -1.97. The van der Waals surface area contributed by atoms with E-state index in [0.29, 0.717) is 0 Å². The maximum atomic E-state index is 10.4. The van der Waals surface area contributed by atoms with Crippen LogP contribution in [0.15, 0.2) is 48.5 Å². The molecule has 2 rings (SSSR count). The molecule has 18 heavy (non-hydrogen) atoms. The van der Waals surface area contributed by atoms with Gasteiger partial charge < -0.3 is 0 Å². The summed E-state index contributed by atoms with van der Waals surface area (Å²) in [5.41, 5.74) is 3.70. The van der Waals surface area contributed by atoms with Crippen LogP contribution in [-0.2, 0) is 0 Å². The average molecular weight is 240 g/mol. The first-order chi connectivity index (χ1) is 8.67. The van der Waals surface area contributed by atoms with Gasteiger partial charge in [-0.1, -0.05) is 48.0 Å². The van der Waals surface area contributed by atoms with Crippen molar-refractivity contribution in [2.24, 2.45) is 0 Å².